The van der Waals surface area contributed by atoms with Gasteiger partial charge in [0.25, 0.3) is 0 Å². The van der Waals surface area contributed by atoms with Crippen LogP contribution in [0.2, 0.25) is 5.02 Å². The summed E-state index contributed by atoms with van der Waals surface area (Å²) in [6.45, 7) is 2.02. The van der Waals surface area contributed by atoms with Crippen LogP contribution in [0.3, 0.4) is 0 Å². The van der Waals surface area contributed by atoms with Gasteiger partial charge in [0.15, 0.2) is 5.11 Å². The number of nitrogens with zero attached hydrogens (tertiary/aromatic N) is 2. The molecule has 0 radical (unpaired) electrons. The highest BCUT2D eigenvalue weighted by Crippen LogP contribution is 2.44. The van der Waals surface area contributed by atoms with E-state index in [4.69, 9.17) is 28.2 Å². The van der Waals surface area contributed by atoms with Gasteiger partial charge in [-0.3, -0.25) is 4.98 Å². The average Bonchev–Trinajstić information content (AvgIpc) is 3.50. The normalized spacial score (nSPS) is 21.9. The second kappa shape index (κ2) is 8.05. The first-order valence-electron chi connectivity index (χ1n) is 10.5. The van der Waals surface area contributed by atoms with E-state index in [0.717, 1.165) is 51.3 Å². The predicted octanol–water partition coefficient (Wildman–Crippen LogP) is 6.22. The third-order valence-electron chi connectivity index (χ3n) is 6.30. The zero-order valence-corrected chi connectivity index (χ0v) is 18.4. The molecule has 1 N–H and O–H groups in total. The zero-order valence-electron chi connectivity index (χ0n) is 16.8. The molecule has 2 atom stereocenters. The lowest BCUT2D eigenvalue weighted by atomic mass is 10.0. The van der Waals surface area contributed by atoms with E-state index < -0.39 is 0 Å². The summed E-state index contributed by atoms with van der Waals surface area (Å²) in [6, 6.07) is 16.4. The molecule has 1 saturated carbocycles. The van der Waals surface area contributed by atoms with E-state index in [1.54, 1.807) is 0 Å². The molecule has 5 rings (SSSR count). The number of halogens is 1. The number of hydrogen-bond donors (Lipinski definition) is 1. The fourth-order valence-electron chi connectivity index (χ4n) is 4.78. The molecule has 1 aliphatic heterocycles. The van der Waals surface area contributed by atoms with E-state index in [2.05, 4.69) is 27.3 Å². The fraction of sp³-hybridized carbons (Fsp3) is 0.333. The molecule has 4 nitrogen and oxygen atoms in total. The van der Waals surface area contributed by atoms with E-state index in [1.165, 1.54) is 12.8 Å². The lowest BCUT2D eigenvalue weighted by molar-refractivity contribution is 0.218. The molecule has 1 aromatic carbocycles. The second-order valence-electron chi connectivity index (χ2n) is 8.09. The minimum Gasteiger partial charge on any atom is -0.459 e. The van der Waals surface area contributed by atoms with Gasteiger partial charge in [0, 0.05) is 22.8 Å². The Morgan fingerprint density at radius 2 is 1.93 bits per heavy atom. The van der Waals surface area contributed by atoms with Gasteiger partial charge in [-0.25, -0.2) is 0 Å². The van der Waals surface area contributed by atoms with Crippen molar-refractivity contribution in [3.63, 3.8) is 0 Å². The summed E-state index contributed by atoms with van der Waals surface area (Å²) in [5.74, 6) is 1.73. The van der Waals surface area contributed by atoms with Gasteiger partial charge in [0.05, 0.1) is 11.7 Å². The third-order valence-corrected chi connectivity index (χ3v) is 7.04. The molecule has 0 bridgehead atoms. The largest absolute Gasteiger partial charge is 0.459 e. The molecule has 0 amide bonds. The lowest BCUT2D eigenvalue weighted by Gasteiger charge is -2.31. The molecule has 3 aromatic rings. The van der Waals surface area contributed by atoms with Gasteiger partial charge < -0.3 is 14.6 Å². The fourth-order valence-corrected chi connectivity index (χ4v) is 5.34. The minimum atomic E-state index is -0.0428. The lowest BCUT2D eigenvalue weighted by Crippen LogP contribution is -2.37. The smallest absolute Gasteiger partial charge is 0.170 e. The van der Waals surface area contributed by atoms with Crippen molar-refractivity contribution in [1.82, 2.24) is 15.2 Å². The molecule has 2 aromatic heterocycles. The summed E-state index contributed by atoms with van der Waals surface area (Å²) in [7, 11) is 0. The molecule has 2 unspecified atom stereocenters. The van der Waals surface area contributed by atoms with Crippen LogP contribution < -0.4 is 5.32 Å². The van der Waals surface area contributed by atoms with Gasteiger partial charge in [0.2, 0.25) is 0 Å². The monoisotopic (exact) mass is 437 g/mol. The number of thiocarbonyl (C=S) groups is 1. The average molecular weight is 438 g/mol. The van der Waals surface area contributed by atoms with Crippen molar-refractivity contribution in [3.05, 3.63) is 76.8 Å². The van der Waals surface area contributed by atoms with E-state index >= 15 is 0 Å². The number of aromatic nitrogens is 1. The van der Waals surface area contributed by atoms with E-state index in [0.29, 0.717) is 6.04 Å². The Morgan fingerprint density at radius 1 is 1.10 bits per heavy atom. The summed E-state index contributed by atoms with van der Waals surface area (Å²) in [5.41, 5.74) is 3.01. The first-order chi connectivity index (χ1) is 14.6. The Bertz CT molecular complexity index is 1060. The van der Waals surface area contributed by atoms with Crippen LogP contribution >= 0.6 is 23.8 Å². The van der Waals surface area contributed by atoms with Crippen molar-refractivity contribution < 1.29 is 4.42 Å². The first-order valence-corrected chi connectivity index (χ1v) is 11.3. The quantitative estimate of drug-likeness (QED) is 0.491. The minimum absolute atomic E-state index is 0.0243. The van der Waals surface area contributed by atoms with E-state index in [-0.39, 0.29) is 12.1 Å². The molecule has 3 heterocycles. The number of furan rings is 1. The Labute approximate surface area is 187 Å². The third kappa shape index (κ3) is 3.40. The number of hydrogen-bond acceptors (Lipinski definition) is 3. The van der Waals surface area contributed by atoms with Crippen LogP contribution in [-0.4, -0.2) is 21.0 Å². The van der Waals surface area contributed by atoms with Gasteiger partial charge in [0.1, 0.15) is 17.6 Å². The van der Waals surface area contributed by atoms with Crippen molar-refractivity contribution in [1.29, 1.82) is 0 Å². The maximum atomic E-state index is 6.45. The van der Waals surface area contributed by atoms with Crippen molar-refractivity contribution >= 4 is 28.9 Å². The Morgan fingerprint density at radius 3 is 2.70 bits per heavy atom. The summed E-state index contributed by atoms with van der Waals surface area (Å²) in [4.78, 5) is 6.97. The molecule has 6 heteroatoms. The molecule has 30 heavy (non-hydrogen) atoms. The van der Waals surface area contributed by atoms with Gasteiger partial charge in [-0.05, 0) is 67.9 Å². The van der Waals surface area contributed by atoms with Crippen LogP contribution in [0.1, 0.15) is 54.8 Å². The summed E-state index contributed by atoms with van der Waals surface area (Å²) >= 11 is 12.1. The van der Waals surface area contributed by atoms with Crippen molar-refractivity contribution in [2.45, 2.75) is 50.7 Å². The maximum absolute atomic E-state index is 6.45. The van der Waals surface area contributed by atoms with Gasteiger partial charge in [-0.15, -0.1) is 0 Å². The van der Waals surface area contributed by atoms with Gasteiger partial charge >= 0.3 is 0 Å². The molecule has 154 valence electrons. The van der Waals surface area contributed by atoms with Crippen molar-refractivity contribution in [2.24, 2.45) is 0 Å². The van der Waals surface area contributed by atoms with Crippen LogP contribution in [0.15, 0.2) is 59.1 Å². The van der Waals surface area contributed by atoms with Crippen LogP contribution in [0.4, 0.5) is 0 Å². The topological polar surface area (TPSA) is 41.3 Å². The van der Waals surface area contributed by atoms with E-state index in [1.807, 2.05) is 49.5 Å². The summed E-state index contributed by atoms with van der Waals surface area (Å²) < 4.78 is 6.45. The molecule has 1 saturated heterocycles. The number of pyridine rings is 1. The molecular formula is C24H24ClN3OS. The highest BCUT2D eigenvalue weighted by Gasteiger charge is 2.45. The Hall–Kier alpha value is -2.37. The molecular weight excluding hydrogens is 414 g/mol. The zero-order chi connectivity index (χ0) is 20.7. The molecule has 2 fully saturated rings. The van der Waals surface area contributed by atoms with Crippen LogP contribution in [0, 0.1) is 6.92 Å². The summed E-state index contributed by atoms with van der Waals surface area (Å²) in [5, 5.41) is 5.06. The number of rotatable bonds is 4. The summed E-state index contributed by atoms with van der Waals surface area (Å²) in [6.07, 6.45) is 6.65. The predicted molar refractivity (Wildman–Crippen MR) is 123 cm³/mol. The highest BCUT2D eigenvalue weighted by atomic mass is 35.5. The van der Waals surface area contributed by atoms with Gasteiger partial charge in [-0.1, -0.05) is 42.6 Å². The SMILES string of the molecule is Cc1c(Cl)cccc1-c1ccc(C2C(c3ccccn3)NC(=S)N2C2CCCC2)o1. The number of nitrogens with one attached hydrogen (secondary N) is 1. The van der Waals surface area contributed by atoms with Crippen LogP contribution in [0.25, 0.3) is 11.3 Å². The van der Waals surface area contributed by atoms with Gasteiger partial charge in [-0.2, -0.15) is 0 Å². The van der Waals surface area contributed by atoms with Crippen molar-refractivity contribution in [3.8, 4) is 11.3 Å². The Balaban J connectivity index is 1.57. The van der Waals surface area contributed by atoms with Crippen LogP contribution in [-0.2, 0) is 0 Å². The molecule has 1 aliphatic carbocycles. The first kappa shape index (κ1) is 19.6. The standard InChI is InChI=1S/C24H24ClN3OS/c1-15-17(9-6-10-18(15)25)20-12-13-21(29-20)23-22(19-11-4-5-14-26-19)27-24(30)28(23)16-7-2-3-8-16/h4-6,9-14,16,22-23H,2-3,7-8H2,1H3,(H,27,30). The maximum Gasteiger partial charge on any atom is 0.170 e. The number of benzene rings is 1. The Kier molecular flexibility index (Phi) is 5.25. The molecule has 0 spiro atoms. The van der Waals surface area contributed by atoms with E-state index in [9.17, 15) is 0 Å². The van der Waals surface area contributed by atoms with Crippen molar-refractivity contribution in [2.75, 3.05) is 0 Å². The molecule has 2 aliphatic rings. The second-order valence-corrected chi connectivity index (χ2v) is 8.88. The highest BCUT2D eigenvalue weighted by molar-refractivity contribution is 7.80. The van der Waals surface area contributed by atoms with Crippen LogP contribution in [0.5, 0.6) is 0 Å².